The minimum absolute atomic E-state index is 0.0255. The summed E-state index contributed by atoms with van der Waals surface area (Å²) in [5.74, 6) is -1.63. The topological polar surface area (TPSA) is 139 Å². The van der Waals surface area contributed by atoms with E-state index in [1.165, 1.54) is 17.2 Å². The number of H-pyrrole nitrogens is 1. The van der Waals surface area contributed by atoms with Gasteiger partial charge in [-0.2, -0.15) is 0 Å². The number of nitrogens with one attached hydrogen (secondary N) is 1. The number of carbonyl (C=O) groups excluding carboxylic acids is 1. The van der Waals surface area contributed by atoms with Crippen molar-refractivity contribution in [3.05, 3.63) is 70.9 Å². The maximum absolute atomic E-state index is 14.2. The summed E-state index contributed by atoms with van der Waals surface area (Å²) in [5.41, 5.74) is 9.71. The molecule has 0 aliphatic carbocycles. The van der Waals surface area contributed by atoms with Crippen molar-refractivity contribution in [2.45, 2.75) is 38.3 Å². The van der Waals surface area contributed by atoms with Crippen LogP contribution < -0.4 is 5.73 Å². The van der Waals surface area contributed by atoms with E-state index >= 15 is 0 Å². The van der Waals surface area contributed by atoms with Crippen LogP contribution in [0.2, 0.25) is 0 Å². The second-order valence-electron chi connectivity index (χ2n) is 9.34. The summed E-state index contributed by atoms with van der Waals surface area (Å²) >= 11 is 0. The Morgan fingerprint density at radius 1 is 1.16 bits per heavy atom. The molecule has 1 saturated heterocycles. The number of aromatic nitrogens is 4. The second-order valence-corrected chi connectivity index (χ2v) is 9.34. The zero-order chi connectivity index (χ0) is 26.4. The van der Waals surface area contributed by atoms with Gasteiger partial charge in [0.1, 0.15) is 11.5 Å². The van der Waals surface area contributed by atoms with Crippen LogP contribution in [0.3, 0.4) is 0 Å². The summed E-state index contributed by atoms with van der Waals surface area (Å²) in [6, 6.07) is 4.11. The third-order valence-corrected chi connectivity index (χ3v) is 6.99. The van der Waals surface area contributed by atoms with Gasteiger partial charge in [-0.15, -0.1) is 0 Å². The lowest BCUT2D eigenvalue weighted by Gasteiger charge is -2.37. The van der Waals surface area contributed by atoms with E-state index in [9.17, 15) is 18.7 Å². The number of hydrogen-bond donors (Lipinski definition) is 3. The van der Waals surface area contributed by atoms with Gasteiger partial charge in [0.15, 0.2) is 11.6 Å². The molecule has 2 aliphatic heterocycles. The fourth-order valence-electron chi connectivity index (χ4n) is 4.99. The van der Waals surface area contributed by atoms with Crippen molar-refractivity contribution in [1.29, 1.82) is 0 Å². The molecule has 0 bridgehead atoms. The number of aromatic amines is 1. The number of pyridine rings is 3. The molecule has 4 N–H and O–H groups in total. The van der Waals surface area contributed by atoms with E-state index in [1.807, 2.05) is 0 Å². The zero-order valence-electron chi connectivity index (χ0n) is 20.2. The molecule has 0 aromatic carbocycles. The fourth-order valence-corrected chi connectivity index (χ4v) is 4.99. The summed E-state index contributed by atoms with van der Waals surface area (Å²) in [6.45, 7) is 1.28. The number of aliphatic hydroxyl groups excluding tert-OH is 1. The first-order valence-corrected chi connectivity index (χ1v) is 12.1. The van der Waals surface area contributed by atoms with Crippen molar-refractivity contribution in [3.63, 3.8) is 0 Å². The standard InChI is InChI=1S/C26H24F2N6O4/c27-17-7-30-8-18(28)23(17)13-1-2-14(31-6-13)9-34(21-12-37-4-3-22(21)35)26(36)20-5-19-24(32-20)15-10-38-11-16(15)25(29)33-19/h1-2,5-8,21-22,32,35H,3-4,9-12H2,(H2,29,33)/t21-,22-/m1/s1. The number of hydrogen-bond acceptors (Lipinski definition) is 8. The van der Waals surface area contributed by atoms with E-state index in [2.05, 4.69) is 19.9 Å². The number of rotatable bonds is 5. The Labute approximate surface area is 215 Å². The van der Waals surface area contributed by atoms with Gasteiger partial charge in [-0.05, 0) is 18.6 Å². The maximum atomic E-state index is 14.2. The smallest absolute Gasteiger partial charge is 0.271 e. The molecule has 1 amide bonds. The molecule has 6 rings (SSSR count). The normalized spacial score (nSPS) is 19.0. The van der Waals surface area contributed by atoms with E-state index in [0.29, 0.717) is 48.8 Å². The first-order chi connectivity index (χ1) is 18.4. The summed E-state index contributed by atoms with van der Waals surface area (Å²) < 4.78 is 39.4. The molecule has 2 aliphatic rings. The first kappa shape index (κ1) is 24.3. The van der Waals surface area contributed by atoms with E-state index < -0.39 is 23.8 Å². The molecule has 4 aromatic heterocycles. The van der Waals surface area contributed by atoms with Gasteiger partial charge in [-0.3, -0.25) is 14.8 Å². The Bertz CT molecular complexity index is 1510. The van der Waals surface area contributed by atoms with Crippen LogP contribution in [0.4, 0.5) is 14.6 Å². The van der Waals surface area contributed by atoms with Crippen LogP contribution in [0.5, 0.6) is 0 Å². The number of carbonyl (C=O) groups is 1. The van der Waals surface area contributed by atoms with Gasteiger partial charge >= 0.3 is 0 Å². The summed E-state index contributed by atoms with van der Waals surface area (Å²) in [5, 5.41) is 10.7. The van der Waals surface area contributed by atoms with Gasteiger partial charge in [-0.1, -0.05) is 6.07 Å². The SMILES string of the molecule is Nc1nc2cc(C(=O)N(Cc3ccc(-c4c(F)cncc4F)cn3)[C@@H]3COCC[C@H]3O)[nH]c2c2c1COC2. The van der Waals surface area contributed by atoms with Crippen molar-refractivity contribution >= 4 is 22.8 Å². The molecule has 6 heterocycles. The highest BCUT2D eigenvalue weighted by molar-refractivity contribution is 5.98. The lowest BCUT2D eigenvalue weighted by Crippen LogP contribution is -2.52. The van der Waals surface area contributed by atoms with Gasteiger partial charge < -0.3 is 30.2 Å². The molecule has 38 heavy (non-hydrogen) atoms. The van der Waals surface area contributed by atoms with E-state index in [0.717, 1.165) is 23.5 Å². The number of nitrogens with two attached hydrogens (primary N) is 1. The van der Waals surface area contributed by atoms with Crippen molar-refractivity contribution in [1.82, 2.24) is 24.8 Å². The molecule has 4 aromatic rings. The molecular formula is C26H24F2N6O4. The van der Waals surface area contributed by atoms with E-state index in [1.54, 1.807) is 12.1 Å². The largest absolute Gasteiger partial charge is 0.391 e. The molecule has 0 spiro atoms. The molecule has 2 atom stereocenters. The number of fused-ring (bicyclic) bond motifs is 3. The van der Waals surface area contributed by atoms with E-state index in [-0.39, 0.29) is 35.9 Å². The predicted octanol–water partition coefficient (Wildman–Crippen LogP) is 2.70. The Morgan fingerprint density at radius 3 is 2.68 bits per heavy atom. The molecule has 1 fully saturated rings. The molecular weight excluding hydrogens is 498 g/mol. The fraction of sp³-hybridized carbons (Fsp3) is 0.308. The average molecular weight is 523 g/mol. The minimum Gasteiger partial charge on any atom is -0.391 e. The predicted molar refractivity (Wildman–Crippen MR) is 131 cm³/mol. The number of halogens is 2. The number of nitrogen functional groups attached to an aromatic ring is 1. The Balaban J connectivity index is 1.33. The minimum atomic E-state index is -0.803. The van der Waals surface area contributed by atoms with Crippen molar-refractivity contribution < 1.29 is 28.2 Å². The highest BCUT2D eigenvalue weighted by Gasteiger charge is 2.34. The summed E-state index contributed by atoms with van der Waals surface area (Å²) in [6.07, 6.45) is 2.77. The van der Waals surface area contributed by atoms with E-state index in [4.69, 9.17) is 15.2 Å². The maximum Gasteiger partial charge on any atom is 0.271 e. The number of amides is 1. The molecule has 0 radical (unpaired) electrons. The highest BCUT2D eigenvalue weighted by Crippen LogP contribution is 2.32. The Kier molecular flexibility index (Phi) is 6.22. The van der Waals surface area contributed by atoms with Crippen LogP contribution in [-0.2, 0) is 29.2 Å². The number of aliphatic hydroxyl groups is 1. The average Bonchev–Trinajstić information content (AvgIpc) is 3.56. The lowest BCUT2D eigenvalue weighted by atomic mass is 10.0. The molecule has 0 unspecified atom stereocenters. The quantitative estimate of drug-likeness (QED) is 0.364. The lowest BCUT2D eigenvalue weighted by molar-refractivity contribution is -0.0552. The van der Waals surface area contributed by atoms with Gasteiger partial charge in [0.05, 0.1) is 73.2 Å². The monoisotopic (exact) mass is 522 g/mol. The third-order valence-electron chi connectivity index (χ3n) is 6.99. The van der Waals surface area contributed by atoms with Crippen LogP contribution in [-0.4, -0.2) is 61.2 Å². The second kappa shape index (κ2) is 9.71. The number of ether oxygens (including phenoxy) is 2. The van der Waals surface area contributed by atoms with Gasteiger partial charge in [0.2, 0.25) is 0 Å². The molecule has 10 nitrogen and oxygen atoms in total. The van der Waals surface area contributed by atoms with Crippen molar-refractivity contribution in [3.8, 4) is 11.1 Å². The zero-order valence-corrected chi connectivity index (χ0v) is 20.2. The Morgan fingerprint density at radius 2 is 1.95 bits per heavy atom. The van der Waals surface area contributed by atoms with Crippen LogP contribution >= 0.6 is 0 Å². The summed E-state index contributed by atoms with van der Waals surface area (Å²) in [4.78, 5) is 30.8. The van der Waals surface area contributed by atoms with Crippen LogP contribution in [0, 0.1) is 11.6 Å². The Hall–Kier alpha value is -4.00. The van der Waals surface area contributed by atoms with Gasteiger partial charge in [-0.25, -0.2) is 13.8 Å². The number of nitrogens with zero attached hydrogens (tertiary/aromatic N) is 4. The molecule has 196 valence electrons. The van der Waals surface area contributed by atoms with Gasteiger partial charge in [0.25, 0.3) is 5.91 Å². The van der Waals surface area contributed by atoms with Crippen LogP contribution in [0.25, 0.3) is 22.2 Å². The highest BCUT2D eigenvalue weighted by atomic mass is 19.1. The molecule has 12 heteroatoms. The third kappa shape index (κ3) is 4.26. The first-order valence-electron chi connectivity index (χ1n) is 12.1. The van der Waals surface area contributed by atoms with Crippen molar-refractivity contribution in [2.75, 3.05) is 18.9 Å². The van der Waals surface area contributed by atoms with Crippen LogP contribution in [0.1, 0.15) is 33.7 Å². The molecule has 0 saturated carbocycles. The van der Waals surface area contributed by atoms with Crippen molar-refractivity contribution in [2.24, 2.45) is 0 Å². The number of anilines is 1. The summed E-state index contributed by atoms with van der Waals surface area (Å²) in [7, 11) is 0. The van der Waals surface area contributed by atoms with Gasteiger partial charge in [0, 0.05) is 29.5 Å². The van der Waals surface area contributed by atoms with Crippen LogP contribution in [0.15, 0.2) is 36.8 Å².